The first-order valence-electron chi connectivity index (χ1n) is 15.4. The average molecular weight is 648 g/mol. The number of hydrogen-bond donors (Lipinski definition) is 4. The lowest BCUT2D eigenvalue weighted by Crippen LogP contribution is -2.18. The minimum Gasteiger partial charge on any atom is -0.496 e. The van der Waals surface area contributed by atoms with Crippen molar-refractivity contribution in [3.8, 4) is 45.8 Å². The molecule has 4 rings (SSSR count). The minimum atomic E-state index is 0.0428. The van der Waals surface area contributed by atoms with Crippen LogP contribution in [-0.2, 0) is 26.3 Å². The van der Waals surface area contributed by atoms with E-state index in [0.29, 0.717) is 67.3 Å². The third-order valence-corrected chi connectivity index (χ3v) is 7.65. The molecule has 0 unspecified atom stereocenters. The largest absolute Gasteiger partial charge is 0.496 e. The van der Waals surface area contributed by atoms with Gasteiger partial charge in [0.15, 0.2) is 0 Å². The van der Waals surface area contributed by atoms with Gasteiger partial charge >= 0.3 is 0 Å². The Morgan fingerprint density at radius 2 is 1.13 bits per heavy atom. The van der Waals surface area contributed by atoms with Gasteiger partial charge in [-0.05, 0) is 30.2 Å². The molecule has 11 nitrogen and oxygen atoms in total. The van der Waals surface area contributed by atoms with Gasteiger partial charge in [0, 0.05) is 56.0 Å². The molecule has 0 atom stereocenters. The highest BCUT2D eigenvalue weighted by Crippen LogP contribution is 2.36. The van der Waals surface area contributed by atoms with Crippen LogP contribution < -0.4 is 39.1 Å². The molecule has 0 saturated heterocycles. The van der Waals surface area contributed by atoms with Crippen LogP contribution in [0.25, 0.3) is 11.3 Å². The van der Waals surface area contributed by atoms with Crippen molar-refractivity contribution in [1.82, 2.24) is 15.6 Å². The Morgan fingerprint density at radius 1 is 0.638 bits per heavy atom. The fourth-order valence-corrected chi connectivity index (χ4v) is 5.17. The summed E-state index contributed by atoms with van der Waals surface area (Å²) in [5.74, 6) is 3.75. The van der Waals surface area contributed by atoms with Crippen molar-refractivity contribution in [3.05, 3.63) is 88.6 Å². The predicted octanol–water partition coefficient (Wildman–Crippen LogP) is 4.41. The Balaban J connectivity index is 1.48. The molecule has 0 aliphatic heterocycles. The zero-order valence-corrected chi connectivity index (χ0v) is 27.7. The third kappa shape index (κ3) is 9.26. The molecule has 0 fully saturated rings. The zero-order valence-electron chi connectivity index (χ0n) is 27.7. The van der Waals surface area contributed by atoms with Crippen LogP contribution >= 0.6 is 0 Å². The van der Waals surface area contributed by atoms with Gasteiger partial charge in [-0.15, -0.1) is 0 Å². The highest BCUT2D eigenvalue weighted by Gasteiger charge is 2.16. The third-order valence-electron chi connectivity index (χ3n) is 7.65. The van der Waals surface area contributed by atoms with Gasteiger partial charge in [-0.25, -0.2) is 4.98 Å². The molecule has 252 valence electrons. The molecule has 0 amide bonds. The van der Waals surface area contributed by atoms with E-state index in [2.05, 4.69) is 17.6 Å². The van der Waals surface area contributed by atoms with E-state index >= 15 is 0 Å². The molecular formula is C36H45N3O8. The Morgan fingerprint density at radius 3 is 1.62 bits per heavy atom. The summed E-state index contributed by atoms with van der Waals surface area (Å²) < 4.78 is 34.8. The molecule has 1 aromatic heterocycles. The van der Waals surface area contributed by atoms with Crippen LogP contribution in [0.5, 0.6) is 34.5 Å². The van der Waals surface area contributed by atoms with Crippen molar-refractivity contribution >= 4 is 0 Å². The molecule has 0 aliphatic rings. The van der Waals surface area contributed by atoms with Gasteiger partial charge in [-0.2, -0.15) is 0 Å². The monoisotopic (exact) mass is 647 g/mol. The van der Waals surface area contributed by atoms with Crippen LogP contribution in [0.15, 0.2) is 60.7 Å². The van der Waals surface area contributed by atoms with Gasteiger partial charge in [0.1, 0.15) is 47.7 Å². The second kappa shape index (κ2) is 18.0. The number of hydrogen-bond acceptors (Lipinski definition) is 11. The van der Waals surface area contributed by atoms with Gasteiger partial charge in [0.2, 0.25) is 0 Å². The van der Waals surface area contributed by atoms with Crippen molar-refractivity contribution < 1.29 is 38.6 Å². The highest BCUT2D eigenvalue weighted by atomic mass is 16.5. The summed E-state index contributed by atoms with van der Waals surface area (Å²) in [7, 11) is 6.42. The normalized spacial score (nSPS) is 10.9. The number of benzene rings is 3. The lowest BCUT2D eigenvalue weighted by molar-refractivity contribution is 0.288. The fraction of sp³-hybridized carbons (Fsp3) is 0.361. The molecule has 3 aromatic carbocycles. The van der Waals surface area contributed by atoms with E-state index in [0.717, 1.165) is 39.2 Å². The predicted molar refractivity (Wildman–Crippen MR) is 180 cm³/mol. The molecule has 4 aromatic rings. The van der Waals surface area contributed by atoms with E-state index in [1.54, 1.807) is 28.4 Å². The summed E-state index contributed by atoms with van der Waals surface area (Å²) in [5, 5.41) is 24.5. The Hall–Kier alpha value is -4.55. The molecule has 0 bridgehead atoms. The lowest BCUT2D eigenvalue weighted by atomic mass is 10.00. The van der Waals surface area contributed by atoms with E-state index in [1.807, 2.05) is 60.7 Å². The maximum Gasteiger partial charge on any atom is 0.130 e. The van der Waals surface area contributed by atoms with E-state index in [-0.39, 0.29) is 19.8 Å². The highest BCUT2D eigenvalue weighted by molar-refractivity contribution is 5.65. The average Bonchev–Trinajstić information content (AvgIpc) is 3.10. The van der Waals surface area contributed by atoms with Crippen LogP contribution in [0, 0.1) is 6.92 Å². The first-order chi connectivity index (χ1) is 23.0. The molecule has 1 heterocycles. The quantitative estimate of drug-likeness (QED) is 0.108. The molecule has 0 radical (unpaired) electrons. The maximum atomic E-state index is 9.11. The van der Waals surface area contributed by atoms with E-state index in [4.69, 9.17) is 43.6 Å². The number of ether oxygens (including phenoxy) is 6. The van der Waals surface area contributed by atoms with E-state index in [9.17, 15) is 0 Å². The lowest BCUT2D eigenvalue weighted by Gasteiger charge is -2.17. The first-order valence-corrected chi connectivity index (χ1v) is 15.4. The van der Waals surface area contributed by atoms with Crippen LogP contribution in [0.2, 0.25) is 0 Å². The van der Waals surface area contributed by atoms with Gasteiger partial charge in [-0.3, -0.25) is 0 Å². The van der Waals surface area contributed by atoms with Crippen LogP contribution in [0.3, 0.4) is 0 Å². The number of methoxy groups -OCH3 is 4. The Labute approximate surface area is 276 Å². The second-order valence-corrected chi connectivity index (χ2v) is 10.6. The van der Waals surface area contributed by atoms with Gasteiger partial charge in [-0.1, -0.05) is 24.3 Å². The van der Waals surface area contributed by atoms with Crippen LogP contribution in [0.1, 0.15) is 27.9 Å². The Kier molecular flexibility index (Phi) is 13.5. The summed E-state index contributed by atoms with van der Waals surface area (Å²) in [6.07, 6.45) is 0. The molecule has 0 spiro atoms. The molecule has 0 aliphatic carbocycles. The number of nitrogens with one attached hydrogen (secondary N) is 2. The topological polar surface area (TPSA) is 133 Å². The summed E-state index contributed by atoms with van der Waals surface area (Å²) in [4.78, 5) is 4.90. The van der Waals surface area contributed by atoms with Crippen molar-refractivity contribution in [2.24, 2.45) is 0 Å². The fourth-order valence-electron chi connectivity index (χ4n) is 5.17. The van der Waals surface area contributed by atoms with Gasteiger partial charge in [0.25, 0.3) is 0 Å². The van der Waals surface area contributed by atoms with Crippen LogP contribution in [-0.4, -0.2) is 69.9 Å². The maximum absolute atomic E-state index is 9.11. The van der Waals surface area contributed by atoms with Crippen molar-refractivity contribution in [1.29, 1.82) is 0 Å². The number of aliphatic hydroxyl groups is 2. The number of aromatic nitrogens is 1. The standard InChI is InChI=1S/C36H45N3O8/c1-24-25(22-46-27-16-33(42-2)30(20-37-12-14-40)34(17-27)43-3)8-6-10-29(24)32-11-7-9-26(39-32)23-47-28-18-35(44-4)31(21-38-13-15-41)36(19-28)45-5/h6-11,16-19,37-38,40-41H,12-15,20-23H2,1-5H3. The van der Waals surface area contributed by atoms with Crippen molar-refractivity contribution in [2.75, 3.05) is 54.7 Å². The smallest absolute Gasteiger partial charge is 0.130 e. The van der Waals surface area contributed by atoms with Crippen molar-refractivity contribution in [2.45, 2.75) is 33.2 Å². The molecular weight excluding hydrogens is 602 g/mol. The summed E-state index contributed by atoms with van der Waals surface area (Å²) >= 11 is 0. The number of rotatable bonds is 19. The number of pyridine rings is 1. The van der Waals surface area contributed by atoms with Crippen LogP contribution in [0.4, 0.5) is 0 Å². The van der Waals surface area contributed by atoms with E-state index < -0.39 is 0 Å². The molecule has 0 saturated carbocycles. The van der Waals surface area contributed by atoms with E-state index in [1.165, 1.54) is 0 Å². The zero-order chi connectivity index (χ0) is 33.6. The minimum absolute atomic E-state index is 0.0428. The molecule has 47 heavy (non-hydrogen) atoms. The second-order valence-electron chi connectivity index (χ2n) is 10.6. The summed E-state index contributed by atoms with van der Waals surface area (Å²) in [6, 6.07) is 19.3. The molecule has 4 N–H and O–H groups in total. The Bertz CT molecular complexity index is 1550. The number of nitrogens with zero attached hydrogens (tertiary/aromatic N) is 1. The summed E-state index contributed by atoms with van der Waals surface area (Å²) in [5.41, 5.74) is 6.36. The van der Waals surface area contributed by atoms with Gasteiger partial charge < -0.3 is 49.3 Å². The molecule has 11 heteroatoms. The summed E-state index contributed by atoms with van der Waals surface area (Å²) in [6.45, 7) is 4.64. The van der Waals surface area contributed by atoms with Crippen molar-refractivity contribution in [3.63, 3.8) is 0 Å². The first kappa shape index (κ1) is 35.3. The SMILES string of the molecule is COc1cc(OCc2cccc(-c3cccc(COc4cc(OC)c(CNCCO)c(OC)c4)c3C)n2)cc(OC)c1CNCCO. The number of aliphatic hydroxyl groups excluding tert-OH is 2. The van der Waals surface area contributed by atoms with Gasteiger partial charge in [0.05, 0.1) is 64.2 Å².